The second-order valence-electron chi connectivity index (χ2n) is 9.55. The van der Waals surface area contributed by atoms with E-state index in [-0.39, 0.29) is 6.42 Å². The molecule has 4 rings (SSSR count). The molecule has 198 valence electrons. The Morgan fingerprint density at radius 2 is 1.85 bits per heavy atom. The number of carbonyl (C=O) groups excluding carboxylic acids is 1. The number of aromatic amines is 1. The van der Waals surface area contributed by atoms with Gasteiger partial charge in [-0.1, -0.05) is 31.2 Å². The number of nitriles is 1. The monoisotopic (exact) mass is 521 g/mol. The van der Waals surface area contributed by atoms with Gasteiger partial charge in [0.2, 0.25) is 0 Å². The number of carboxylic acids is 1. The SMILES string of the molecule is CCc1cc(C#N)cc(C)c1C(=O)NC(Cc1ccc(-c2cc(CNc3cc(C)ccn3)c[nH]2)cc1)C(=O)O. The lowest BCUT2D eigenvalue weighted by Crippen LogP contribution is -2.42. The number of nitrogens with zero attached hydrogens (tertiary/aromatic N) is 2. The molecule has 0 spiro atoms. The summed E-state index contributed by atoms with van der Waals surface area (Å²) in [6, 6.07) is 17.9. The zero-order chi connectivity index (χ0) is 27.9. The van der Waals surface area contributed by atoms with Crippen LogP contribution in [0, 0.1) is 25.2 Å². The summed E-state index contributed by atoms with van der Waals surface area (Å²) in [7, 11) is 0. The maximum atomic E-state index is 13.1. The lowest BCUT2D eigenvalue weighted by Gasteiger charge is -2.18. The number of carboxylic acid groups (broad SMARTS) is 1. The Kier molecular flexibility index (Phi) is 8.42. The van der Waals surface area contributed by atoms with Gasteiger partial charge in [0, 0.05) is 36.6 Å². The van der Waals surface area contributed by atoms with Crippen molar-refractivity contribution < 1.29 is 14.7 Å². The van der Waals surface area contributed by atoms with E-state index >= 15 is 0 Å². The van der Waals surface area contributed by atoms with Crippen LogP contribution >= 0.6 is 0 Å². The van der Waals surface area contributed by atoms with Crippen LogP contribution in [0.1, 0.15) is 50.7 Å². The first kappa shape index (κ1) is 27.1. The first-order valence-corrected chi connectivity index (χ1v) is 12.8. The van der Waals surface area contributed by atoms with Gasteiger partial charge in [0.05, 0.1) is 11.6 Å². The third-order valence-electron chi connectivity index (χ3n) is 6.59. The molecule has 0 aliphatic rings. The van der Waals surface area contributed by atoms with E-state index in [1.165, 1.54) is 0 Å². The zero-order valence-electron chi connectivity index (χ0n) is 22.2. The number of H-pyrrole nitrogens is 1. The van der Waals surface area contributed by atoms with Gasteiger partial charge in [-0.05, 0) is 84.0 Å². The molecule has 0 bridgehead atoms. The minimum absolute atomic E-state index is 0.140. The third-order valence-corrected chi connectivity index (χ3v) is 6.59. The van der Waals surface area contributed by atoms with Crippen molar-refractivity contribution in [2.75, 3.05) is 5.32 Å². The molecular weight excluding hydrogens is 490 g/mol. The molecule has 1 unspecified atom stereocenters. The fraction of sp³-hybridized carbons (Fsp3) is 0.226. The number of pyridine rings is 1. The highest BCUT2D eigenvalue weighted by Gasteiger charge is 2.24. The largest absolute Gasteiger partial charge is 0.480 e. The Labute approximate surface area is 227 Å². The fourth-order valence-corrected chi connectivity index (χ4v) is 4.55. The van der Waals surface area contributed by atoms with Crippen molar-refractivity contribution in [1.29, 1.82) is 5.26 Å². The normalized spacial score (nSPS) is 11.4. The molecule has 0 aliphatic carbocycles. The number of amides is 1. The van der Waals surface area contributed by atoms with E-state index in [4.69, 9.17) is 0 Å². The number of carbonyl (C=O) groups is 2. The van der Waals surface area contributed by atoms with Crippen molar-refractivity contribution in [3.8, 4) is 17.3 Å². The number of benzene rings is 2. The minimum atomic E-state index is -1.11. The molecule has 0 fully saturated rings. The first-order valence-electron chi connectivity index (χ1n) is 12.8. The lowest BCUT2D eigenvalue weighted by atomic mass is 9.95. The van der Waals surface area contributed by atoms with Gasteiger partial charge in [0.25, 0.3) is 5.91 Å². The van der Waals surface area contributed by atoms with E-state index in [1.807, 2.05) is 56.4 Å². The van der Waals surface area contributed by atoms with Crippen molar-refractivity contribution in [2.45, 2.75) is 46.2 Å². The zero-order valence-corrected chi connectivity index (χ0v) is 22.2. The van der Waals surface area contributed by atoms with Crippen LogP contribution < -0.4 is 10.6 Å². The average Bonchev–Trinajstić information content (AvgIpc) is 3.40. The Bertz CT molecular complexity index is 1530. The highest BCUT2D eigenvalue weighted by molar-refractivity contribution is 5.99. The van der Waals surface area contributed by atoms with Gasteiger partial charge in [-0.25, -0.2) is 9.78 Å². The van der Waals surface area contributed by atoms with Crippen LogP contribution in [0.5, 0.6) is 0 Å². The third kappa shape index (κ3) is 6.70. The van der Waals surface area contributed by atoms with Crippen LogP contribution in [-0.4, -0.2) is 33.0 Å². The molecule has 2 aromatic heterocycles. The molecular formula is C31H31N5O3. The van der Waals surface area contributed by atoms with Crippen molar-refractivity contribution in [1.82, 2.24) is 15.3 Å². The topological polar surface area (TPSA) is 131 Å². The number of aryl methyl sites for hydroxylation is 3. The summed E-state index contributed by atoms with van der Waals surface area (Å²) >= 11 is 0. The maximum absolute atomic E-state index is 13.1. The highest BCUT2D eigenvalue weighted by Crippen LogP contribution is 2.22. The van der Waals surface area contributed by atoms with Gasteiger partial charge in [-0.3, -0.25) is 4.79 Å². The van der Waals surface area contributed by atoms with Crippen molar-refractivity contribution in [3.63, 3.8) is 0 Å². The summed E-state index contributed by atoms with van der Waals surface area (Å²) in [6.07, 6.45) is 4.41. The van der Waals surface area contributed by atoms with Crippen molar-refractivity contribution in [3.05, 3.63) is 106 Å². The molecule has 39 heavy (non-hydrogen) atoms. The quantitative estimate of drug-likeness (QED) is 0.228. The predicted molar refractivity (Wildman–Crippen MR) is 150 cm³/mol. The molecule has 1 atom stereocenters. The summed E-state index contributed by atoms with van der Waals surface area (Å²) in [6.45, 7) is 6.30. The summed E-state index contributed by atoms with van der Waals surface area (Å²) in [5, 5.41) is 25.0. The number of nitrogens with one attached hydrogen (secondary N) is 3. The number of hydrogen-bond donors (Lipinski definition) is 4. The number of hydrogen-bond acceptors (Lipinski definition) is 5. The van der Waals surface area contributed by atoms with Gasteiger partial charge in [-0.2, -0.15) is 5.26 Å². The van der Waals surface area contributed by atoms with E-state index in [9.17, 15) is 20.0 Å². The highest BCUT2D eigenvalue weighted by atomic mass is 16.4. The standard InChI is InChI=1S/C31H31N5O3/c1-4-24-13-22(16-32)12-20(3)29(24)30(37)36-27(31(38)39)14-21-5-7-25(8-6-21)26-15-23(17-34-26)18-35-28-11-19(2)9-10-33-28/h5-13,15,17,27,34H,4,14,18H2,1-3H3,(H,33,35)(H,36,37)(H,38,39). The van der Waals surface area contributed by atoms with E-state index in [2.05, 4.69) is 32.7 Å². The molecule has 4 aromatic rings. The Morgan fingerprint density at radius 3 is 2.51 bits per heavy atom. The minimum Gasteiger partial charge on any atom is -0.480 e. The lowest BCUT2D eigenvalue weighted by molar-refractivity contribution is -0.139. The number of aliphatic carboxylic acids is 1. The maximum Gasteiger partial charge on any atom is 0.326 e. The van der Waals surface area contributed by atoms with E-state index < -0.39 is 17.9 Å². The van der Waals surface area contributed by atoms with Crippen molar-refractivity contribution >= 4 is 17.7 Å². The average molecular weight is 522 g/mol. The summed E-state index contributed by atoms with van der Waals surface area (Å²) in [5.74, 6) is -0.741. The van der Waals surface area contributed by atoms with Crippen LogP contribution in [0.15, 0.2) is 67.0 Å². The summed E-state index contributed by atoms with van der Waals surface area (Å²) in [5.41, 5.74) is 7.19. The first-order chi connectivity index (χ1) is 18.8. The molecule has 2 heterocycles. The van der Waals surface area contributed by atoms with E-state index in [1.54, 1.807) is 25.3 Å². The Hall–Kier alpha value is -4.90. The van der Waals surface area contributed by atoms with Gasteiger partial charge in [0.15, 0.2) is 0 Å². The molecule has 2 aromatic carbocycles. The smallest absolute Gasteiger partial charge is 0.326 e. The number of rotatable bonds is 10. The number of anilines is 1. The Balaban J connectivity index is 1.42. The van der Waals surface area contributed by atoms with Gasteiger partial charge in [-0.15, -0.1) is 0 Å². The molecule has 0 saturated carbocycles. The second-order valence-corrected chi connectivity index (χ2v) is 9.55. The van der Waals surface area contributed by atoms with Crippen molar-refractivity contribution in [2.24, 2.45) is 0 Å². The van der Waals surface area contributed by atoms with Gasteiger partial charge in [0.1, 0.15) is 11.9 Å². The van der Waals surface area contributed by atoms with Gasteiger partial charge < -0.3 is 20.7 Å². The summed E-state index contributed by atoms with van der Waals surface area (Å²) < 4.78 is 0. The molecule has 1 amide bonds. The van der Waals surface area contributed by atoms with Crippen LogP contribution in [0.4, 0.5) is 5.82 Å². The van der Waals surface area contributed by atoms with E-state index in [0.29, 0.717) is 35.2 Å². The molecule has 0 saturated heterocycles. The van der Waals surface area contributed by atoms with Crippen LogP contribution in [0.2, 0.25) is 0 Å². The van der Waals surface area contributed by atoms with E-state index in [0.717, 1.165) is 33.8 Å². The van der Waals surface area contributed by atoms with Gasteiger partial charge >= 0.3 is 5.97 Å². The van der Waals surface area contributed by atoms with Crippen LogP contribution in [0.25, 0.3) is 11.3 Å². The molecule has 4 N–H and O–H groups in total. The molecule has 8 nitrogen and oxygen atoms in total. The molecule has 8 heteroatoms. The molecule has 0 aliphatic heterocycles. The Morgan fingerprint density at radius 1 is 1.08 bits per heavy atom. The second kappa shape index (κ2) is 12.1. The van der Waals surface area contributed by atoms with Crippen LogP contribution in [0.3, 0.4) is 0 Å². The summed E-state index contributed by atoms with van der Waals surface area (Å²) in [4.78, 5) is 32.7. The molecule has 0 radical (unpaired) electrons. The number of aromatic nitrogens is 2. The fourth-order valence-electron chi connectivity index (χ4n) is 4.55. The van der Waals surface area contributed by atoms with Crippen LogP contribution in [-0.2, 0) is 24.2 Å². The predicted octanol–water partition coefficient (Wildman–Crippen LogP) is 5.17.